The van der Waals surface area contributed by atoms with Gasteiger partial charge in [-0.25, -0.2) is 0 Å². The zero-order valence-electron chi connectivity index (χ0n) is 8.83. The molecule has 0 saturated carbocycles. The molecule has 0 amide bonds. The van der Waals surface area contributed by atoms with Gasteiger partial charge in [-0.05, 0) is 54.2 Å². The van der Waals surface area contributed by atoms with Gasteiger partial charge in [-0.15, -0.1) is 0 Å². The minimum absolute atomic E-state index is 0.665. The Balaban J connectivity index is 1.95. The minimum atomic E-state index is 0.665. The number of hydrogen-bond acceptors (Lipinski definition) is 3. The van der Waals surface area contributed by atoms with Gasteiger partial charge in [0.1, 0.15) is 0 Å². The van der Waals surface area contributed by atoms with Gasteiger partial charge in [0.25, 0.3) is 0 Å². The number of rotatable bonds is 7. The zero-order chi connectivity index (χ0) is 10.2. The van der Waals surface area contributed by atoms with Crippen LogP contribution >= 0.6 is 11.3 Å². The van der Waals surface area contributed by atoms with Crippen LogP contribution < -0.4 is 11.1 Å². The Hall–Kier alpha value is -0.380. The highest BCUT2D eigenvalue weighted by atomic mass is 32.1. The molecule has 0 spiro atoms. The molecule has 0 aromatic carbocycles. The quantitative estimate of drug-likeness (QED) is 0.680. The number of nitrogens with one attached hydrogen (secondary N) is 1. The zero-order valence-corrected chi connectivity index (χ0v) is 9.65. The molecule has 1 rings (SSSR count). The van der Waals surface area contributed by atoms with E-state index < -0.39 is 0 Å². The number of thiophene rings is 1. The van der Waals surface area contributed by atoms with Crippen molar-refractivity contribution in [1.82, 2.24) is 5.32 Å². The summed E-state index contributed by atoms with van der Waals surface area (Å²) in [6, 6.07) is 2.17. The van der Waals surface area contributed by atoms with Gasteiger partial charge >= 0.3 is 0 Å². The third kappa shape index (κ3) is 4.74. The molecule has 3 N–H and O–H groups in total. The second kappa shape index (κ2) is 6.98. The van der Waals surface area contributed by atoms with Crippen LogP contribution in [0.4, 0.5) is 0 Å². The van der Waals surface area contributed by atoms with Crippen LogP contribution in [0.25, 0.3) is 0 Å². The maximum atomic E-state index is 5.54. The molecule has 1 aromatic rings. The highest BCUT2D eigenvalue weighted by Gasteiger charge is 1.98. The molecule has 3 heteroatoms. The van der Waals surface area contributed by atoms with Crippen molar-refractivity contribution in [3.05, 3.63) is 22.4 Å². The van der Waals surface area contributed by atoms with Gasteiger partial charge in [0.2, 0.25) is 0 Å². The lowest BCUT2D eigenvalue weighted by atomic mass is 10.1. The maximum Gasteiger partial charge on any atom is 0.0213 e. The van der Waals surface area contributed by atoms with Crippen molar-refractivity contribution in [3.63, 3.8) is 0 Å². The molecule has 0 saturated heterocycles. The van der Waals surface area contributed by atoms with E-state index >= 15 is 0 Å². The molecule has 0 fully saturated rings. The molecule has 0 aliphatic rings. The van der Waals surface area contributed by atoms with Crippen LogP contribution in [0.15, 0.2) is 16.8 Å². The SMILES string of the molecule is CC(CN)CCCNCc1ccsc1. The first kappa shape index (κ1) is 11.7. The Morgan fingerprint density at radius 3 is 3.07 bits per heavy atom. The third-order valence-electron chi connectivity index (χ3n) is 2.36. The Morgan fingerprint density at radius 2 is 2.43 bits per heavy atom. The summed E-state index contributed by atoms with van der Waals surface area (Å²) in [4.78, 5) is 0. The fourth-order valence-electron chi connectivity index (χ4n) is 1.32. The molecule has 1 atom stereocenters. The van der Waals surface area contributed by atoms with E-state index in [1.807, 2.05) is 0 Å². The van der Waals surface area contributed by atoms with Crippen LogP contribution in [-0.4, -0.2) is 13.1 Å². The monoisotopic (exact) mass is 212 g/mol. The summed E-state index contributed by atoms with van der Waals surface area (Å²) in [7, 11) is 0. The van der Waals surface area contributed by atoms with E-state index in [4.69, 9.17) is 5.73 Å². The minimum Gasteiger partial charge on any atom is -0.330 e. The molecule has 2 nitrogen and oxygen atoms in total. The lowest BCUT2D eigenvalue weighted by Crippen LogP contribution is -2.17. The molecular weight excluding hydrogens is 192 g/mol. The summed E-state index contributed by atoms with van der Waals surface area (Å²) < 4.78 is 0. The molecule has 14 heavy (non-hydrogen) atoms. The standard InChI is InChI=1S/C11H20N2S/c1-10(7-12)3-2-5-13-8-11-4-6-14-9-11/h4,6,9-10,13H,2-3,5,7-8,12H2,1H3. The van der Waals surface area contributed by atoms with E-state index in [1.165, 1.54) is 18.4 Å². The summed E-state index contributed by atoms with van der Waals surface area (Å²) in [5, 5.41) is 7.74. The second-order valence-electron chi connectivity index (χ2n) is 3.79. The Morgan fingerprint density at radius 1 is 1.57 bits per heavy atom. The first-order valence-corrected chi connectivity index (χ1v) is 6.19. The lowest BCUT2D eigenvalue weighted by Gasteiger charge is -2.08. The van der Waals surface area contributed by atoms with Gasteiger partial charge in [-0.2, -0.15) is 11.3 Å². The van der Waals surface area contributed by atoms with Crippen molar-refractivity contribution in [2.75, 3.05) is 13.1 Å². The fourth-order valence-corrected chi connectivity index (χ4v) is 1.99. The molecule has 0 aliphatic carbocycles. The first-order chi connectivity index (χ1) is 6.83. The summed E-state index contributed by atoms with van der Waals surface area (Å²) >= 11 is 1.76. The van der Waals surface area contributed by atoms with E-state index in [2.05, 4.69) is 29.1 Å². The number of hydrogen-bond donors (Lipinski definition) is 2. The molecule has 0 aliphatic heterocycles. The molecule has 1 aromatic heterocycles. The van der Waals surface area contributed by atoms with Crippen LogP contribution in [0, 0.1) is 5.92 Å². The Bertz CT molecular complexity index is 221. The topological polar surface area (TPSA) is 38.0 Å². The van der Waals surface area contributed by atoms with Gasteiger partial charge in [0, 0.05) is 6.54 Å². The van der Waals surface area contributed by atoms with Gasteiger partial charge in [-0.3, -0.25) is 0 Å². The third-order valence-corrected chi connectivity index (χ3v) is 3.09. The van der Waals surface area contributed by atoms with Crippen molar-refractivity contribution in [2.24, 2.45) is 11.7 Å². The summed E-state index contributed by atoms with van der Waals surface area (Å²) in [5.74, 6) is 0.665. The summed E-state index contributed by atoms with van der Waals surface area (Å²) in [6.07, 6.45) is 2.45. The van der Waals surface area contributed by atoms with Crippen molar-refractivity contribution in [3.8, 4) is 0 Å². The second-order valence-corrected chi connectivity index (χ2v) is 4.57. The summed E-state index contributed by atoms with van der Waals surface area (Å²) in [5.41, 5.74) is 6.94. The Kier molecular flexibility index (Phi) is 5.83. The van der Waals surface area contributed by atoms with Crippen molar-refractivity contribution in [1.29, 1.82) is 0 Å². The van der Waals surface area contributed by atoms with Gasteiger partial charge < -0.3 is 11.1 Å². The molecule has 80 valence electrons. The molecule has 1 unspecified atom stereocenters. The van der Waals surface area contributed by atoms with Crippen LogP contribution in [0.5, 0.6) is 0 Å². The lowest BCUT2D eigenvalue weighted by molar-refractivity contribution is 0.501. The molecule has 0 bridgehead atoms. The van der Waals surface area contributed by atoms with Gasteiger partial charge in [0.15, 0.2) is 0 Å². The number of nitrogens with two attached hydrogens (primary N) is 1. The van der Waals surface area contributed by atoms with Crippen LogP contribution in [0.3, 0.4) is 0 Å². The summed E-state index contributed by atoms with van der Waals surface area (Å²) in [6.45, 7) is 5.12. The average molecular weight is 212 g/mol. The van der Waals surface area contributed by atoms with Crippen molar-refractivity contribution >= 4 is 11.3 Å². The Labute approximate surface area is 90.5 Å². The smallest absolute Gasteiger partial charge is 0.0213 e. The highest BCUT2D eigenvalue weighted by Crippen LogP contribution is 2.05. The van der Waals surface area contributed by atoms with Crippen molar-refractivity contribution in [2.45, 2.75) is 26.3 Å². The van der Waals surface area contributed by atoms with E-state index in [0.29, 0.717) is 5.92 Å². The van der Waals surface area contributed by atoms with Gasteiger partial charge in [-0.1, -0.05) is 6.92 Å². The predicted molar refractivity (Wildman–Crippen MR) is 63.5 cm³/mol. The molecule has 1 heterocycles. The maximum absolute atomic E-state index is 5.54. The molecule has 0 radical (unpaired) electrons. The van der Waals surface area contributed by atoms with E-state index in [1.54, 1.807) is 11.3 Å². The molecular formula is C11H20N2S. The fraction of sp³-hybridized carbons (Fsp3) is 0.636. The van der Waals surface area contributed by atoms with E-state index in [-0.39, 0.29) is 0 Å². The van der Waals surface area contributed by atoms with Crippen molar-refractivity contribution < 1.29 is 0 Å². The normalized spacial score (nSPS) is 13.0. The van der Waals surface area contributed by atoms with Crippen LogP contribution in [0.1, 0.15) is 25.3 Å². The van der Waals surface area contributed by atoms with Crippen LogP contribution in [-0.2, 0) is 6.54 Å². The van der Waals surface area contributed by atoms with Gasteiger partial charge in [0.05, 0.1) is 0 Å². The predicted octanol–water partition coefficient (Wildman–Crippen LogP) is 2.21. The first-order valence-electron chi connectivity index (χ1n) is 5.24. The average Bonchev–Trinajstić information content (AvgIpc) is 2.69. The largest absolute Gasteiger partial charge is 0.330 e. The van der Waals surface area contributed by atoms with E-state index in [9.17, 15) is 0 Å². The van der Waals surface area contributed by atoms with E-state index in [0.717, 1.165) is 19.6 Å². The van der Waals surface area contributed by atoms with Crippen LogP contribution in [0.2, 0.25) is 0 Å². The highest BCUT2D eigenvalue weighted by molar-refractivity contribution is 7.07.